The summed E-state index contributed by atoms with van der Waals surface area (Å²) in [7, 11) is 0. The van der Waals surface area contributed by atoms with Gasteiger partial charge in [-0.05, 0) is 50.2 Å². The highest BCUT2D eigenvalue weighted by molar-refractivity contribution is 5.85. The van der Waals surface area contributed by atoms with Crippen LogP contribution in [0.25, 0.3) is 0 Å². The second-order valence-corrected chi connectivity index (χ2v) is 8.57. The van der Waals surface area contributed by atoms with Crippen LogP contribution >= 0.6 is 0 Å². The summed E-state index contributed by atoms with van der Waals surface area (Å²) in [5.41, 5.74) is 0.983. The van der Waals surface area contributed by atoms with Crippen molar-refractivity contribution >= 4 is 11.7 Å². The van der Waals surface area contributed by atoms with Gasteiger partial charge in [-0.1, -0.05) is 32.8 Å². The molecule has 0 bridgehead atoms. The van der Waals surface area contributed by atoms with Crippen LogP contribution in [0.3, 0.4) is 0 Å². The average Bonchev–Trinajstić information content (AvgIpc) is 3.28. The van der Waals surface area contributed by atoms with Crippen LogP contribution in [0.4, 0.5) is 5.82 Å². The number of piperidine rings is 1. The van der Waals surface area contributed by atoms with Gasteiger partial charge in [-0.25, -0.2) is 4.98 Å². The van der Waals surface area contributed by atoms with E-state index in [9.17, 15) is 4.79 Å². The number of carbonyl (C=O) groups is 1. The van der Waals surface area contributed by atoms with Gasteiger partial charge in [0.05, 0.1) is 5.41 Å². The molecule has 3 aliphatic rings. The van der Waals surface area contributed by atoms with Gasteiger partial charge < -0.3 is 9.80 Å². The summed E-state index contributed by atoms with van der Waals surface area (Å²) >= 11 is 0. The Morgan fingerprint density at radius 3 is 2.68 bits per heavy atom. The van der Waals surface area contributed by atoms with Gasteiger partial charge in [0, 0.05) is 31.4 Å². The zero-order chi connectivity index (χ0) is 17.4. The van der Waals surface area contributed by atoms with E-state index in [0.29, 0.717) is 17.9 Å². The van der Waals surface area contributed by atoms with Crippen LogP contribution in [0.2, 0.25) is 0 Å². The third kappa shape index (κ3) is 3.04. The molecule has 2 saturated heterocycles. The molecule has 0 radical (unpaired) electrons. The summed E-state index contributed by atoms with van der Waals surface area (Å²) in [6, 6.07) is 6.83. The summed E-state index contributed by atoms with van der Waals surface area (Å²) in [6.07, 6.45) is 8.21. The Bertz CT molecular complexity index is 638. The molecule has 4 heteroatoms. The van der Waals surface area contributed by atoms with Gasteiger partial charge in [-0.15, -0.1) is 0 Å². The highest BCUT2D eigenvalue weighted by Crippen LogP contribution is 2.43. The molecular formula is C21H31N3O. The maximum absolute atomic E-state index is 13.4. The minimum absolute atomic E-state index is 0.156. The highest BCUT2D eigenvalue weighted by atomic mass is 16.2. The van der Waals surface area contributed by atoms with E-state index in [1.807, 2.05) is 0 Å². The molecule has 1 aromatic rings. The van der Waals surface area contributed by atoms with Crippen molar-refractivity contribution in [2.75, 3.05) is 24.5 Å². The van der Waals surface area contributed by atoms with Gasteiger partial charge in [0.1, 0.15) is 5.82 Å². The van der Waals surface area contributed by atoms with E-state index in [1.54, 1.807) is 0 Å². The zero-order valence-corrected chi connectivity index (χ0v) is 15.7. The summed E-state index contributed by atoms with van der Waals surface area (Å²) in [6.45, 7) is 7.15. The third-order valence-electron chi connectivity index (χ3n) is 6.56. The van der Waals surface area contributed by atoms with E-state index in [4.69, 9.17) is 4.98 Å². The molecule has 3 fully saturated rings. The van der Waals surface area contributed by atoms with Crippen molar-refractivity contribution in [3.63, 3.8) is 0 Å². The lowest BCUT2D eigenvalue weighted by molar-refractivity contribution is -0.147. The molecule has 25 heavy (non-hydrogen) atoms. The molecule has 0 unspecified atom stereocenters. The molecule has 3 heterocycles. The van der Waals surface area contributed by atoms with Crippen molar-refractivity contribution in [2.24, 2.45) is 5.41 Å². The minimum Gasteiger partial charge on any atom is -0.355 e. The molecule has 1 aliphatic carbocycles. The summed E-state index contributed by atoms with van der Waals surface area (Å²) in [5.74, 6) is 1.92. The lowest BCUT2D eigenvalue weighted by atomic mass is 9.77. The number of likely N-dealkylation sites (tertiary alicyclic amines) is 1. The smallest absolute Gasteiger partial charge is 0.230 e. The maximum atomic E-state index is 13.4. The van der Waals surface area contributed by atoms with Crippen molar-refractivity contribution in [2.45, 2.75) is 70.8 Å². The number of amides is 1. The SMILES string of the molecule is CC(C)c1cccc(N2CC[C@@]3(CCCN(C4CCCC4)C3=O)C2)n1. The second-order valence-electron chi connectivity index (χ2n) is 8.57. The molecule has 1 atom stereocenters. The fraction of sp³-hybridized carbons (Fsp3) is 0.714. The Hall–Kier alpha value is -1.58. The fourth-order valence-electron chi connectivity index (χ4n) is 5.05. The molecule has 2 aliphatic heterocycles. The second kappa shape index (κ2) is 6.62. The molecule has 1 amide bonds. The minimum atomic E-state index is -0.156. The summed E-state index contributed by atoms with van der Waals surface area (Å²) in [5, 5.41) is 0. The van der Waals surface area contributed by atoms with Crippen molar-refractivity contribution in [1.82, 2.24) is 9.88 Å². The van der Waals surface area contributed by atoms with Crippen LogP contribution in [-0.4, -0.2) is 41.5 Å². The number of nitrogens with zero attached hydrogens (tertiary/aromatic N) is 3. The first kappa shape index (κ1) is 16.9. The van der Waals surface area contributed by atoms with Gasteiger partial charge >= 0.3 is 0 Å². The van der Waals surface area contributed by atoms with E-state index in [0.717, 1.165) is 50.4 Å². The van der Waals surface area contributed by atoms with E-state index in [1.165, 1.54) is 25.7 Å². The maximum Gasteiger partial charge on any atom is 0.230 e. The number of aromatic nitrogens is 1. The fourth-order valence-corrected chi connectivity index (χ4v) is 5.05. The lowest BCUT2D eigenvalue weighted by Gasteiger charge is -2.42. The van der Waals surface area contributed by atoms with Crippen molar-refractivity contribution < 1.29 is 4.79 Å². The van der Waals surface area contributed by atoms with Crippen LogP contribution < -0.4 is 4.90 Å². The lowest BCUT2D eigenvalue weighted by Crippen LogP contribution is -2.53. The third-order valence-corrected chi connectivity index (χ3v) is 6.56. The topological polar surface area (TPSA) is 36.4 Å². The molecular weight excluding hydrogens is 310 g/mol. The van der Waals surface area contributed by atoms with Crippen LogP contribution in [0, 0.1) is 5.41 Å². The molecule has 4 nitrogen and oxygen atoms in total. The molecule has 1 saturated carbocycles. The highest BCUT2D eigenvalue weighted by Gasteiger charge is 2.50. The molecule has 136 valence electrons. The van der Waals surface area contributed by atoms with Crippen LogP contribution in [0.5, 0.6) is 0 Å². The van der Waals surface area contributed by atoms with Gasteiger partial charge in [0.25, 0.3) is 0 Å². The first-order chi connectivity index (χ1) is 12.1. The molecule has 0 N–H and O–H groups in total. The summed E-state index contributed by atoms with van der Waals surface area (Å²) in [4.78, 5) is 22.8. The van der Waals surface area contributed by atoms with Gasteiger partial charge in [-0.3, -0.25) is 4.79 Å². The Labute approximate surface area is 151 Å². The van der Waals surface area contributed by atoms with E-state index < -0.39 is 0 Å². The molecule has 4 rings (SSSR count). The van der Waals surface area contributed by atoms with Gasteiger partial charge in [0.15, 0.2) is 0 Å². The first-order valence-electron chi connectivity index (χ1n) is 10.1. The van der Waals surface area contributed by atoms with Crippen molar-refractivity contribution in [3.05, 3.63) is 23.9 Å². The van der Waals surface area contributed by atoms with Crippen molar-refractivity contribution in [3.8, 4) is 0 Å². The number of hydrogen-bond donors (Lipinski definition) is 0. The number of carbonyl (C=O) groups excluding carboxylic acids is 1. The first-order valence-corrected chi connectivity index (χ1v) is 10.1. The monoisotopic (exact) mass is 341 g/mol. The Morgan fingerprint density at radius 2 is 1.92 bits per heavy atom. The normalized spacial score (nSPS) is 27.9. The number of pyridine rings is 1. The summed E-state index contributed by atoms with van der Waals surface area (Å²) < 4.78 is 0. The molecule has 0 aromatic carbocycles. The Balaban J connectivity index is 1.52. The quantitative estimate of drug-likeness (QED) is 0.835. The van der Waals surface area contributed by atoms with Gasteiger partial charge in [0.2, 0.25) is 5.91 Å². The van der Waals surface area contributed by atoms with E-state index in [2.05, 4.69) is 41.8 Å². The largest absolute Gasteiger partial charge is 0.355 e. The van der Waals surface area contributed by atoms with Crippen LogP contribution in [-0.2, 0) is 4.79 Å². The number of rotatable bonds is 3. The molecule has 1 aromatic heterocycles. The van der Waals surface area contributed by atoms with Crippen LogP contribution in [0.15, 0.2) is 18.2 Å². The van der Waals surface area contributed by atoms with Gasteiger partial charge in [-0.2, -0.15) is 0 Å². The number of anilines is 1. The van der Waals surface area contributed by atoms with E-state index >= 15 is 0 Å². The standard InChI is InChI=1S/C21H31N3O/c1-16(2)18-9-5-10-19(22-18)23-14-12-21(15-23)11-6-13-24(20(21)25)17-7-3-4-8-17/h5,9-10,16-17H,3-4,6-8,11-15H2,1-2H3/t21-/m0/s1. The Morgan fingerprint density at radius 1 is 1.12 bits per heavy atom. The van der Waals surface area contributed by atoms with Crippen molar-refractivity contribution in [1.29, 1.82) is 0 Å². The van der Waals surface area contributed by atoms with Crippen LogP contribution in [0.1, 0.15) is 70.4 Å². The van der Waals surface area contributed by atoms with E-state index in [-0.39, 0.29) is 5.41 Å². The number of hydrogen-bond acceptors (Lipinski definition) is 3. The average molecular weight is 341 g/mol. The Kier molecular flexibility index (Phi) is 4.47. The predicted octanol–water partition coefficient (Wildman–Crippen LogP) is 3.97. The zero-order valence-electron chi connectivity index (χ0n) is 15.7. The molecule has 1 spiro atoms. The predicted molar refractivity (Wildman–Crippen MR) is 101 cm³/mol.